The van der Waals surface area contributed by atoms with Gasteiger partial charge in [-0.3, -0.25) is 9.36 Å². The Bertz CT molecular complexity index is 703. The van der Waals surface area contributed by atoms with Crippen LogP contribution in [0, 0.1) is 11.8 Å². The highest BCUT2D eigenvalue weighted by atomic mass is 32.2. The van der Waals surface area contributed by atoms with Gasteiger partial charge in [0.15, 0.2) is 5.16 Å². The molecule has 3 heterocycles. The van der Waals surface area contributed by atoms with Crippen LogP contribution in [0.3, 0.4) is 0 Å². The summed E-state index contributed by atoms with van der Waals surface area (Å²) in [4.78, 5) is 14.0. The molecule has 0 radical (unpaired) electrons. The molecule has 0 N–H and O–H groups in total. The minimum absolute atomic E-state index is 0.138. The second kappa shape index (κ2) is 7.64. The molecule has 1 aliphatic heterocycles. The first-order valence-corrected chi connectivity index (χ1v) is 9.69. The number of ketones is 1. The van der Waals surface area contributed by atoms with Gasteiger partial charge in [-0.25, -0.2) is 0 Å². The van der Waals surface area contributed by atoms with E-state index in [9.17, 15) is 4.79 Å². The average Bonchev–Trinajstić information content (AvgIpc) is 3.17. The molecule has 0 amide bonds. The summed E-state index contributed by atoms with van der Waals surface area (Å²) in [5.74, 6) is 3.12. The number of furan rings is 1. The number of nitrogens with zero attached hydrogens (tertiary/aromatic N) is 4. The maximum absolute atomic E-state index is 11.7. The summed E-state index contributed by atoms with van der Waals surface area (Å²) in [6.07, 6.45) is 2.92. The molecule has 3 unspecified atom stereocenters. The number of Topliss-reactive ketones (excluding diaryl/α,β-unsaturated/α-hetero) is 1. The van der Waals surface area contributed by atoms with Crippen molar-refractivity contribution in [2.75, 3.05) is 18.0 Å². The molecule has 1 saturated heterocycles. The minimum Gasteiger partial charge on any atom is -0.467 e. The Morgan fingerprint density at radius 3 is 2.68 bits per heavy atom. The van der Waals surface area contributed by atoms with E-state index in [4.69, 9.17) is 4.42 Å². The number of thioether (sulfide) groups is 1. The van der Waals surface area contributed by atoms with E-state index in [-0.39, 0.29) is 11.0 Å². The zero-order chi connectivity index (χ0) is 18.0. The van der Waals surface area contributed by atoms with Gasteiger partial charge >= 0.3 is 0 Å². The first-order valence-electron chi connectivity index (χ1n) is 8.81. The predicted molar refractivity (Wildman–Crippen MR) is 99.0 cm³/mol. The molecule has 2 aromatic rings. The SMILES string of the molecule is CC(=O)C(C)Sc1nnc(N2CC(C)CC(C)C2)n1Cc1ccco1. The van der Waals surface area contributed by atoms with Crippen LogP contribution >= 0.6 is 11.8 Å². The van der Waals surface area contributed by atoms with Gasteiger partial charge in [-0.1, -0.05) is 25.6 Å². The van der Waals surface area contributed by atoms with Crippen molar-refractivity contribution in [1.82, 2.24) is 14.8 Å². The van der Waals surface area contributed by atoms with E-state index >= 15 is 0 Å². The lowest BCUT2D eigenvalue weighted by Gasteiger charge is -2.35. The summed E-state index contributed by atoms with van der Waals surface area (Å²) in [5.41, 5.74) is 0. The van der Waals surface area contributed by atoms with E-state index < -0.39 is 0 Å². The van der Waals surface area contributed by atoms with Crippen LogP contribution in [-0.4, -0.2) is 38.9 Å². The number of carbonyl (C=O) groups is 1. The molecular weight excluding hydrogens is 336 g/mol. The van der Waals surface area contributed by atoms with E-state index in [1.165, 1.54) is 18.2 Å². The zero-order valence-corrected chi connectivity index (χ0v) is 16.1. The van der Waals surface area contributed by atoms with Crippen LogP contribution in [0.2, 0.25) is 0 Å². The summed E-state index contributed by atoms with van der Waals surface area (Å²) < 4.78 is 7.60. The largest absolute Gasteiger partial charge is 0.467 e. The Labute approximate surface area is 153 Å². The van der Waals surface area contributed by atoms with Gasteiger partial charge in [0.2, 0.25) is 5.95 Å². The molecule has 0 aromatic carbocycles. The fourth-order valence-electron chi connectivity index (χ4n) is 3.37. The summed E-state index contributed by atoms with van der Waals surface area (Å²) in [7, 11) is 0. The zero-order valence-electron chi connectivity index (χ0n) is 15.3. The lowest BCUT2D eigenvalue weighted by Crippen LogP contribution is -2.40. The lowest BCUT2D eigenvalue weighted by molar-refractivity contribution is -0.116. The molecular formula is C18H26N4O2S. The third-order valence-corrected chi connectivity index (χ3v) is 5.80. The van der Waals surface area contributed by atoms with Gasteiger partial charge in [0, 0.05) is 13.1 Å². The third kappa shape index (κ3) is 4.26. The molecule has 136 valence electrons. The van der Waals surface area contributed by atoms with Crippen molar-refractivity contribution in [3.63, 3.8) is 0 Å². The summed E-state index contributed by atoms with van der Waals surface area (Å²) in [6, 6.07) is 3.84. The second-order valence-corrected chi connectivity index (χ2v) is 8.48. The van der Waals surface area contributed by atoms with Gasteiger partial charge in [-0.2, -0.15) is 0 Å². The number of hydrogen-bond acceptors (Lipinski definition) is 6. The van der Waals surface area contributed by atoms with Crippen molar-refractivity contribution in [3.05, 3.63) is 24.2 Å². The molecule has 0 saturated carbocycles. The van der Waals surface area contributed by atoms with Gasteiger partial charge in [0.25, 0.3) is 0 Å². The minimum atomic E-state index is -0.147. The fraction of sp³-hybridized carbons (Fsp3) is 0.611. The fourth-order valence-corrected chi connectivity index (χ4v) is 4.21. The topological polar surface area (TPSA) is 64.2 Å². The van der Waals surface area contributed by atoms with Gasteiger partial charge in [0.1, 0.15) is 11.5 Å². The van der Waals surface area contributed by atoms with E-state index in [1.54, 1.807) is 13.2 Å². The number of aromatic nitrogens is 3. The van der Waals surface area contributed by atoms with Crippen LogP contribution in [0.15, 0.2) is 28.0 Å². The van der Waals surface area contributed by atoms with E-state index in [2.05, 4.69) is 33.5 Å². The lowest BCUT2D eigenvalue weighted by atomic mass is 9.92. The standard InChI is InChI=1S/C18H26N4O2S/c1-12-8-13(2)10-21(9-12)17-19-20-18(25-15(4)14(3)23)22(17)11-16-6-5-7-24-16/h5-7,12-13,15H,8-11H2,1-4H3. The van der Waals surface area contributed by atoms with Gasteiger partial charge in [-0.15, -0.1) is 10.2 Å². The molecule has 1 fully saturated rings. The molecule has 2 aromatic heterocycles. The molecule has 7 heteroatoms. The third-order valence-electron chi connectivity index (χ3n) is 4.60. The Morgan fingerprint density at radius 1 is 1.36 bits per heavy atom. The highest BCUT2D eigenvalue weighted by Crippen LogP contribution is 2.30. The Kier molecular flexibility index (Phi) is 5.51. The van der Waals surface area contributed by atoms with Crippen LogP contribution in [0.1, 0.15) is 39.9 Å². The van der Waals surface area contributed by atoms with Gasteiger partial charge < -0.3 is 9.32 Å². The van der Waals surface area contributed by atoms with Crippen LogP contribution in [0.25, 0.3) is 0 Å². The number of piperidine rings is 1. The smallest absolute Gasteiger partial charge is 0.228 e. The van der Waals surface area contributed by atoms with Crippen molar-refractivity contribution < 1.29 is 9.21 Å². The Balaban J connectivity index is 1.91. The molecule has 3 rings (SSSR count). The average molecular weight is 362 g/mol. The monoisotopic (exact) mass is 362 g/mol. The highest BCUT2D eigenvalue weighted by Gasteiger charge is 2.27. The Morgan fingerprint density at radius 2 is 2.08 bits per heavy atom. The predicted octanol–water partition coefficient (Wildman–Crippen LogP) is 3.47. The number of anilines is 1. The van der Waals surface area contributed by atoms with Crippen molar-refractivity contribution in [1.29, 1.82) is 0 Å². The summed E-state index contributed by atoms with van der Waals surface area (Å²) in [5, 5.41) is 9.47. The molecule has 0 spiro atoms. The van der Waals surface area contributed by atoms with Crippen LogP contribution in [-0.2, 0) is 11.3 Å². The normalized spacial score (nSPS) is 22.2. The highest BCUT2D eigenvalue weighted by molar-refractivity contribution is 8.00. The summed E-state index contributed by atoms with van der Waals surface area (Å²) >= 11 is 1.46. The van der Waals surface area contributed by atoms with Gasteiger partial charge in [-0.05, 0) is 44.2 Å². The maximum Gasteiger partial charge on any atom is 0.228 e. The number of hydrogen-bond donors (Lipinski definition) is 0. The Hall–Kier alpha value is -1.76. The van der Waals surface area contributed by atoms with E-state index in [0.29, 0.717) is 18.4 Å². The first kappa shape index (κ1) is 18.0. The maximum atomic E-state index is 11.7. The van der Waals surface area contributed by atoms with Crippen molar-refractivity contribution in [2.24, 2.45) is 11.8 Å². The quantitative estimate of drug-likeness (QED) is 0.733. The molecule has 0 aliphatic carbocycles. The van der Waals surface area contributed by atoms with E-state index in [0.717, 1.165) is 30.0 Å². The molecule has 6 nitrogen and oxygen atoms in total. The van der Waals surface area contributed by atoms with Crippen molar-refractivity contribution in [3.8, 4) is 0 Å². The van der Waals surface area contributed by atoms with Crippen LogP contribution < -0.4 is 4.90 Å². The van der Waals surface area contributed by atoms with Crippen molar-refractivity contribution >= 4 is 23.5 Å². The van der Waals surface area contributed by atoms with Crippen LogP contribution in [0.5, 0.6) is 0 Å². The summed E-state index contributed by atoms with van der Waals surface area (Å²) in [6.45, 7) is 10.6. The molecule has 1 aliphatic rings. The number of rotatable bonds is 6. The van der Waals surface area contributed by atoms with Crippen LogP contribution in [0.4, 0.5) is 5.95 Å². The second-order valence-electron chi connectivity index (χ2n) is 7.17. The first-order chi connectivity index (χ1) is 11.9. The van der Waals surface area contributed by atoms with E-state index in [1.807, 2.05) is 19.1 Å². The van der Waals surface area contributed by atoms with Gasteiger partial charge in [0.05, 0.1) is 18.1 Å². The number of carbonyl (C=O) groups excluding carboxylic acids is 1. The van der Waals surface area contributed by atoms with Crippen molar-refractivity contribution in [2.45, 2.75) is 51.1 Å². The molecule has 3 atom stereocenters. The molecule has 25 heavy (non-hydrogen) atoms. The molecule has 0 bridgehead atoms.